The fourth-order valence-electron chi connectivity index (χ4n) is 2.28. The van der Waals surface area contributed by atoms with Gasteiger partial charge in [0.05, 0.1) is 18.2 Å². The van der Waals surface area contributed by atoms with Gasteiger partial charge in [-0.25, -0.2) is 4.98 Å². The van der Waals surface area contributed by atoms with Crippen LogP contribution in [0, 0.1) is 0 Å². The number of hydrogen-bond acceptors (Lipinski definition) is 3. The Balaban J connectivity index is 1.67. The van der Waals surface area contributed by atoms with E-state index in [0.29, 0.717) is 10.8 Å². The van der Waals surface area contributed by atoms with Crippen LogP contribution in [0.5, 0.6) is 5.75 Å². The van der Waals surface area contributed by atoms with E-state index in [1.54, 1.807) is 18.6 Å². The number of aromatic nitrogens is 2. The smallest absolute Gasteiger partial charge is 0.174 e. The van der Waals surface area contributed by atoms with Gasteiger partial charge in [0.15, 0.2) is 5.78 Å². The van der Waals surface area contributed by atoms with Crippen molar-refractivity contribution in [1.29, 1.82) is 0 Å². The van der Waals surface area contributed by atoms with Gasteiger partial charge >= 0.3 is 0 Å². The first-order valence-corrected chi connectivity index (χ1v) is 7.57. The Morgan fingerprint density at radius 1 is 1.13 bits per heavy atom. The number of imidazole rings is 1. The molecule has 0 radical (unpaired) electrons. The molecule has 1 N–H and O–H groups in total. The number of nitrogens with one attached hydrogen (secondary N) is 1. The van der Waals surface area contributed by atoms with Gasteiger partial charge in [-0.15, -0.1) is 0 Å². The molecule has 5 heteroatoms. The quantitative estimate of drug-likeness (QED) is 0.747. The van der Waals surface area contributed by atoms with Crippen LogP contribution in [0.2, 0.25) is 5.02 Å². The number of ketones is 1. The fourth-order valence-corrected chi connectivity index (χ4v) is 2.48. The molecular formula is C18H15ClN2O2. The molecule has 0 bridgehead atoms. The predicted molar refractivity (Wildman–Crippen MR) is 89.7 cm³/mol. The number of benzene rings is 2. The number of rotatable bonds is 6. The highest BCUT2D eigenvalue weighted by Crippen LogP contribution is 2.27. The Kier molecular flexibility index (Phi) is 4.74. The molecule has 0 spiro atoms. The maximum Gasteiger partial charge on any atom is 0.174 e. The van der Waals surface area contributed by atoms with Gasteiger partial charge in [-0.1, -0.05) is 41.9 Å². The van der Waals surface area contributed by atoms with Crippen LogP contribution >= 0.6 is 11.6 Å². The zero-order valence-corrected chi connectivity index (χ0v) is 13.1. The second-order valence-corrected chi connectivity index (χ2v) is 5.46. The van der Waals surface area contributed by atoms with Crippen molar-refractivity contribution in [1.82, 2.24) is 9.97 Å². The van der Waals surface area contributed by atoms with Crippen molar-refractivity contribution in [3.63, 3.8) is 0 Å². The molecule has 0 saturated carbocycles. The molecule has 23 heavy (non-hydrogen) atoms. The van der Waals surface area contributed by atoms with Crippen LogP contribution in [0.3, 0.4) is 0 Å². The van der Waals surface area contributed by atoms with Crippen molar-refractivity contribution in [3.8, 4) is 17.0 Å². The van der Waals surface area contributed by atoms with E-state index in [0.717, 1.165) is 16.8 Å². The van der Waals surface area contributed by atoms with Crippen LogP contribution in [-0.2, 0) is 11.2 Å². The molecule has 0 aliphatic heterocycles. The molecule has 0 amide bonds. The summed E-state index contributed by atoms with van der Waals surface area (Å²) in [4.78, 5) is 19.2. The molecule has 2 aromatic carbocycles. The van der Waals surface area contributed by atoms with Gasteiger partial charge in [0, 0.05) is 17.0 Å². The number of ether oxygens (including phenoxy) is 1. The number of hydrogen-bond donors (Lipinski definition) is 1. The molecule has 0 aliphatic carbocycles. The van der Waals surface area contributed by atoms with Gasteiger partial charge in [-0.05, 0) is 23.8 Å². The Labute approximate surface area is 139 Å². The van der Waals surface area contributed by atoms with E-state index < -0.39 is 0 Å². The molecule has 3 aromatic rings. The van der Waals surface area contributed by atoms with Crippen LogP contribution < -0.4 is 4.74 Å². The summed E-state index contributed by atoms with van der Waals surface area (Å²) in [5, 5.41) is 0.596. The first-order valence-electron chi connectivity index (χ1n) is 7.20. The van der Waals surface area contributed by atoms with E-state index in [9.17, 15) is 4.79 Å². The summed E-state index contributed by atoms with van der Waals surface area (Å²) in [6.07, 6.45) is 3.58. The van der Waals surface area contributed by atoms with Crippen LogP contribution in [0.15, 0.2) is 61.1 Å². The zero-order valence-electron chi connectivity index (χ0n) is 12.3. The van der Waals surface area contributed by atoms with Gasteiger partial charge < -0.3 is 9.72 Å². The van der Waals surface area contributed by atoms with E-state index in [-0.39, 0.29) is 18.8 Å². The lowest BCUT2D eigenvalue weighted by molar-refractivity contribution is -0.120. The van der Waals surface area contributed by atoms with Crippen molar-refractivity contribution in [2.45, 2.75) is 6.42 Å². The number of nitrogens with zero attached hydrogens (tertiary/aromatic N) is 1. The third-order valence-corrected chi connectivity index (χ3v) is 3.78. The molecule has 0 unspecified atom stereocenters. The van der Waals surface area contributed by atoms with Gasteiger partial charge in [0.25, 0.3) is 0 Å². The summed E-state index contributed by atoms with van der Waals surface area (Å²) in [7, 11) is 0. The Morgan fingerprint density at radius 2 is 1.91 bits per heavy atom. The molecule has 0 saturated heterocycles. The maximum atomic E-state index is 12.1. The zero-order chi connectivity index (χ0) is 16.1. The number of aromatic amines is 1. The maximum absolute atomic E-state index is 12.1. The monoisotopic (exact) mass is 326 g/mol. The molecule has 4 nitrogen and oxygen atoms in total. The molecular weight excluding hydrogens is 312 g/mol. The summed E-state index contributed by atoms with van der Waals surface area (Å²) in [5.41, 5.74) is 2.53. The fraction of sp³-hybridized carbons (Fsp3) is 0.111. The van der Waals surface area contributed by atoms with Crippen LogP contribution in [0.4, 0.5) is 0 Å². The molecule has 116 valence electrons. The number of halogens is 1. The highest BCUT2D eigenvalue weighted by molar-refractivity contribution is 6.31. The van der Waals surface area contributed by atoms with E-state index in [1.165, 1.54) is 0 Å². The summed E-state index contributed by atoms with van der Waals surface area (Å²) in [5.74, 6) is 0.613. The average Bonchev–Trinajstić information content (AvgIpc) is 3.10. The lowest BCUT2D eigenvalue weighted by atomic mass is 10.1. The lowest BCUT2D eigenvalue weighted by Gasteiger charge is -2.10. The first kappa shape index (κ1) is 15.3. The van der Waals surface area contributed by atoms with Crippen molar-refractivity contribution >= 4 is 17.4 Å². The van der Waals surface area contributed by atoms with E-state index in [1.807, 2.05) is 42.5 Å². The van der Waals surface area contributed by atoms with E-state index in [2.05, 4.69) is 9.97 Å². The van der Waals surface area contributed by atoms with Gasteiger partial charge in [0.1, 0.15) is 12.4 Å². The predicted octanol–water partition coefficient (Wildman–Crippen LogP) is 3.92. The minimum atomic E-state index is -0.0301. The summed E-state index contributed by atoms with van der Waals surface area (Å²) < 4.78 is 5.69. The van der Waals surface area contributed by atoms with Crippen LogP contribution in [0.25, 0.3) is 11.3 Å². The molecule has 3 rings (SSSR count). The largest absolute Gasteiger partial charge is 0.485 e. The third kappa shape index (κ3) is 3.79. The highest BCUT2D eigenvalue weighted by Gasteiger charge is 2.11. The van der Waals surface area contributed by atoms with Crippen molar-refractivity contribution in [2.24, 2.45) is 0 Å². The lowest BCUT2D eigenvalue weighted by Crippen LogP contribution is -2.14. The minimum Gasteiger partial charge on any atom is -0.485 e. The summed E-state index contributed by atoms with van der Waals surface area (Å²) in [6, 6.07) is 14.9. The number of H-pyrrole nitrogens is 1. The van der Waals surface area contributed by atoms with Crippen molar-refractivity contribution in [2.75, 3.05) is 6.61 Å². The Bertz CT molecular complexity index is 800. The second kappa shape index (κ2) is 7.11. The second-order valence-electron chi connectivity index (χ2n) is 5.06. The number of para-hydroxylation sites is 1. The van der Waals surface area contributed by atoms with Gasteiger partial charge in [-0.3, -0.25) is 4.79 Å². The van der Waals surface area contributed by atoms with Gasteiger partial charge in [0.2, 0.25) is 0 Å². The number of carbonyl (C=O) groups excluding carboxylic acids is 1. The van der Waals surface area contributed by atoms with Crippen molar-refractivity contribution < 1.29 is 9.53 Å². The molecule has 1 heterocycles. The SMILES string of the molecule is O=C(COc1ccccc1-c1cnc[nH]1)Cc1ccccc1Cl. The van der Waals surface area contributed by atoms with E-state index >= 15 is 0 Å². The Hall–Kier alpha value is -2.59. The molecule has 0 fully saturated rings. The normalized spacial score (nSPS) is 10.5. The van der Waals surface area contributed by atoms with Crippen LogP contribution in [-0.4, -0.2) is 22.4 Å². The van der Waals surface area contributed by atoms with Crippen LogP contribution in [0.1, 0.15) is 5.56 Å². The van der Waals surface area contributed by atoms with Crippen molar-refractivity contribution in [3.05, 3.63) is 71.6 Å². The molecule has 0 atom stereocenters. The average molecular weight is 327 g/mol. The number of Topliss-reactive ketones (excluding diaryl/α,β-unsaturated/α-hetero) is 1. The standard InChI is InChI=1S/C18H15ClN2O2/c19-16-7-3-1-5-13(16)9-14(22)11-23-18-8-4-2-6-15(18)17-10-20-12-21-17/h1-8,10,12H,9,11H2,(H,20,21). The first-order chi connectivity index (χ1) is 11.2. The third-order valence-electron chi connectivity index (χ3n) is 3.41. The Morgan fingerprint density at radius 3 is 2.70 bits per heavy atom. The highest BCUT2D eigenvalue weighted by atomic mass is 35.5. The topological polar surface area (TPSA) is 55.0 Å². The molecule has 1 aromatic heterocycles. The summed E-state index contributed by atoms with van der Waals surface area (Å²) >= 11 is 6.07. The minimum absolute atomic E-state index is 0.00360. The summed E-state index contributed by atoms with van der Waals surface area (Å²) in [6.45, 7) is -0.00360. The van der Waals surface area contributed by atoms with E-state index in [4.69, 9.17) is 16.3 Å². The molecule has 0 aliphatic rings. The van der Waals surface area contributed by atoms with Gasteiger partial charge in [-0.2, -0.15) is 0 Å². The number of carbonyl (C=O) groups is 1.